The van der Waals surface area contributed by atoms with Crippen LogP contribution in [0.1, 0.15) is 0 Å². The number of hydrogen-bond donors (Lipinski definition) is 3. The molecule has 0 aliphatic rings. The van der Waals surface area contributed by atoms with Crippen molar-refractivity contribution in [1.82, 2.24) is 5.43 Å². The molecule has 0 heterocycles. The summed E-state index contributed by atoms with van der Waals surface area (Å²) >= 11 is 11.6. The van der Waals surface area contributed by atoms with E-state index in [1.165, 1.54) is 0 Å². The number of benzene rings is 1. The standard InChI is InChI=1S/C8H9Cl2N3O/c9-5-2-1-3-6(8(5)10)13-7(14)4-12-11/h1-3,12H,4,11H2,(H,13,14). The lowest BCUT2D eigenvalue weighted by molar-refractivity contribution is -0.115. The summed E-state index contributed by atoms with van der Waals surface area (Å²) in [5, 5.41) is 3.27. The van der Waals surface area contributed by atoms with E-state index in [-0.39, 0.29) is 12.5 Å². The molecule has 1 aromatic carbocycles. The van der Waals surface area contributed by atoms with Gasteiger partial charge in [0.1, 0.15) is 0 Å². The van der Waals surface area contributed by atoms with Gasteiger partial charge in [0.25, 0.3) is 0 Å². The van der Waals surface area contributed by atoms with E-state index in [0.717, 1.165) is 0 Å². The van der Waals surface area contributed by atoms with Gasteiger partial charge in [-0.15, -0.1) is 0 Å². The zero-order valence-electron chi connectivity index (χ0n) is 7.18. The first-order chi connectivity index (χ1) is 6.65. The Kier molecular flexibility index (Phi) is 4.16. The first-order valence-electron chi connectivity index (χ1n) is 3.82. The van der Waals surface area contributed by atoms with E-state index in [1.54, 1.807) is 18.2 Å². The quantitative estimate of drug-likeness (QED) is 0.547. The van der Waals surface area contributed by atoms with Crippen LogP contribution < -0.4 is 16.6 Å². The maximum Gasteiger partial charge on any atom is 0.239 e. The molecule has 0 fully saturated rings. The van der Waals surface area contributed by atoms with Crippen molar-refractivity contribution in [3.63, 3.8) is 0 Å². The van der Waals surface area contributed by atoms with E-state index in [2.05, 4.69) is 10.7 Å². The van der Waals surface area contributed by atoms with E-state index in [9.17, 15) is 4.79 Å². The van der Waals surface area contributed by atoms with Crippen molar-refractivity contribution in [3.8, 4) is 0 Å². The first kappa shape index (κ1) is 11.3. The first-order valence-corrected chi connectivity index (χ1v) is 4.58. The number of rotatable bonds is 3. The topological polar surface area (TPSA) is 67.1 Å². The highest BCUT2D eigenvalue weighted by molar-refractivity contribution is 6.43. The van der Waals surface area contributed by atoms with Gasteiger partial charge in [-0.2, -0.15) is 0 Å². The molecular weight excluding hydrogens is 225 g/mol. The molecule has 76 valence electrons. The van der Waals surface area contributed by atoms with E-state index in [1.807, 2.05) is 0 Å². The fourth-order valence-electron chi connectivity index (χ4n) is 0.887. The second kappa shape index (κ2) is 5.17. The molecule has 1 aromatic rings. The van der Waals surface area contributed by atoms with Crippen molar-refractivity contribution in [1.29, 1.82) is 0 Å². The van der Waals surface area contributed by atoms with Crippen molar-refractivity contribution in [2.75, 3.05) is 11.9 Å². The van der Waals surface area contributed by atoms with Gasteiger partial charge >= 0.3 is 0 Å². The highest BCUT2D eigenvalue weighted by atomic mass is 35.5. The minimum absolute atomic E-state index is 0.0167. The minimum atomic E-state index is -0.281. The summed E-state index contributed by atoms with van der Waals surface area (Å²) in [6.07, 6.45) is 0. The molecule has 14 heavy (non-hydrogen) atoms. The van der Waals surface area contributed by atoms with Crippen LogP contribution in [0.4, 0.5) is 5.69 Å². The second-order valence-corrected chi connectivity index (χ2v) is 3.32. The Morgan fingerprint density at radius 2 is 2.14 bits per heavy atom. The molecule has 1 rings (SSSR count). The van der Waals surface area contributed by atoms with Gasteiger partial charge in [0.05, 0.1) is 22.3 Å². The van der Waals surface area contributed by atoms with E-state index >= 15 is 0 Å². The molecule has 4 nitrogen and oxygen atoms in total. The van der Waals surface area contributed by atoms with Gasteiger partial charge in [0, 0.05) is 0 Å². The highest BCUT2D eigenvalue weighted by Gasteiger charge is 2.06. The van der Waals surface area contributed by atoms with Crippen LogP contribution in [0.3, 0.4) is 0 Å². The van der Waals surface area contributed by atoms with Gasteiger partial charge in [-0.1, -0.05) is 29.3 Å². The molecule has 6 heteroatoms. The summed E-state index contributed by atoms with van der Waals surface area (Å²) in [6, 6.07) is 4.99. The number of amides is 1. The van der Waals surface area contributed by atoms with Gasteiger partial charge in [0.2, 0.25) is 5.91 Å². The number of halogens is 2. The molecule has 0 radical (unpaired) electrons. The summed E-state index contributed by atoms with van der Waals surface area (Å²) in [4.78, 5) is 11.1. The summed E-state index contributed by atoms with van der Waals surface area (Å²) < 4.78 is 0. The third kappa shape index (κ3) is 2.85. The fraction of sp³-hybridized carbons (Fsp3) is 0.125. The third-order valence-electron chi connectivity index (χ3n) is 1.49. The predicted octanol–water partition coefficient (Wildman–Crippen LogP) is 1.40. The molecule has 0 aromatic heterocycles. The van der Waals surface area contributed by atoms with Crippen molar-refractivity contribution in [2.45, 2.75) is 0 Å². The Morgan fingerprint density at radius 1 is 1.43 bits per heavy atom. The number of hydrazine groups is 1. The number of nitrogens with two attached hydrogens (primary N) is 1. The van der Waals surface area contributed by atoms with E-state index in [0.29, 0.717) is 15.7 Å². The second-order valence-electron chi connectivity index (χ2n) is 2.53. The SMILES string of the molecule is NNCC(=O)Nc1cccc(Cl)c1Cl. The summed E-state index contributed by atoms with van der Waals surface area (Å²) in [7, 11) is 0. The molecule has 4 N–H and O–H groups in total. The van der Waals surface area contributed by atoms with Crippen molar-refractivity contribution in [3.05, 3.63) is 28.2 Å². The van der Waals surface area contributed by atoms with Gasteiger partial charge in [0.15, 0.2) is 0 Å². The molecule has 0 spiro atoms. The van der Waals surface area contributed by atoms with Crippen LogP contribution in [0, 0.1) is 0 Å². The van der Waals surface area contributed by atoms with Crippen molar-refractivity contribution < 1.29 is 4.79 Å². The maximum absolute atomic E-state index is 11.1. The zero-order valence-corrected chi connectivity index (χ0v) is 8.69. The maximum atomic E-state index is 11.1. The van der Waals surface area contributed by atoms with Crippen molar-refractivity contribution in [2.24, 2.45) is 5.84 Å². The van der Waals surface area contributed by atoms with Gasteiger partial charge in [-0.3, -0.25) is 16.1 Å². The number of carbonyl (C=O) groups is 1. The molecule has 0 aliphatic carbocycles. The average Bonchev–Trinajstić information content (AvgIpc) is 2.13. The lowest BCUT2D eigenvalue weighted by atomic mass is 10.3. The Morgan fingerprint density at radius 3 is 2.79 bits per heavy atom. The molecular formula is C8H9Cl2N3O. The lowest BCUT2D eigenvalue weighted by Gasteiger charge is -2.07. The number of anilines is 1. The van der Waals surface area contributed by atoms with Crippen LogP contribution in [-0.2, 0) is 4.79 Å². The fourth-order valence-corrected chi connectivity index (χ4v) is 1.24. The number of nitrogens with one attached hydrogen (secondary N) is 2. The molecule has 0 saturated carbocycles. The van der Waals surface area contributed by atoms with Crippen LogP contribution in [0.25, 0.3) is 0 Å². The Balaban J connectivity index is 2.76. The number of hydrogen-bond acceptors (Lipinski definition) is 3. The summed E-state index contributed by atoms with van der Waals surface area (Å²) in [6.45, 7) is 0.0167. The highest BCUT2D eigenvalue weighted by Crippen LogP contribution is 2.29. The Labute approximate surface area is 91.3 Å². The Bertz CT molecular complexity index is 343. The van der Waals surface area contributed by atoms with Gasteiger partial charge in [-0.05, 0) is 12.1 Å². The van der Waals surface area contributed by atoms with Gasteiger partial charge in [-0.25, -0.2) is 0 Å². The van der Waals surface area contributed by atoms with Crippen LogP contribution in [0.2, 0.25) is 10.0 Å². The molecule has 0 saturated heterocycles. The number of carbonyl (C=O) groups excluding carboxylic acids is 1. The zero-order chi connectivity index (χ0) is 10.6. The van der Waals surface area contributed by atoms with E-state index in [4.69, 9.17) is 29.0 Å². The van der Waals surface area contributed by atoms with Crippen molar-refractivity contribution >= 4 is 34.8 Å². The normalized spacial score (nSPS) is 9.93. The lowest BCUT2D eigenvalue weighted by Crippen LogP contribution is -2.32. The third-order valence-corrected chi connectivity index (χ3v) is 2.31. The molecule has 0 bridgehead atoms. The summed E-state index contributed by atoms with van der Waals surface area (Å²) in [5.41, 5.74) is 2.71. The monoisotopic (exact) mass is 233 g/mol. The molecule has 0 aliphatic heterocycles. The molecule has 1 amide bonds. The predicted molar refractivity (Wildman–Crippen MR) is 57.3 cm³/mol. The van der Waals surface area contributed by atoms with Crippen LogP contribution >= 0.6 is 23.2 Å². The van der Waals surface area contributed by atoms with E-state index < -0.39 is 0 Å². The summed E-state index contributed by atoms with van der Waals surface area (Å²) in [5.74, 6) is 4.70. The smallest absolute Gasteiger partial charge is 0.239 e. The average molecular weight is 234 g/mol. The largest absolute Gasteiger partial charge is 0.324 e. The van der Waals surface area contributed by atoms with Crippen LogP contribution in [0.15, 0.2) is 18.2 Å². The molecule has 0 unspecified atom stereocenters. The Hall–Kier alpha value is -0.810. The van der Waals surface area contributed by atoms with Gasteiger partial charge < -0.3 is 5.32 Å². The van der Waals surface area contributed by atoms with Crippen LogP contribution in [0.5, 0.6) is 0 Å². The minimum Gasteiger partial charge on any atom is -0.324 e. The molecule has 0 atom stereocenters. The van der Waals surface area contributed by atoms with Crippen LogP contribution in [-0.4, -0.2) is 12.5 Å².